The van der Waals surface area contributed by atoms with Gasteiger partial charge < -0.3 is 19.7 Å². The van der Waals surface area contributed by atoms with Crippen LogP contribution in [0.3, 0.4) is 0 Å². The van der Waals surface area contributed by atoms with Crippen molar-refractivity contribution in [1.82, 2.24) is 5.32 Å². The minimum Gasteiger partial charge on any atom is -0.497 e. The van der Waals surface area contributed by atoms with E-state index >= 15 is 0 Å². The highest BCUT2D eigenvalue weighted by Crippen LogP contribution is 2.36. The monoisotopic (exact) mass is 352 g/mol. The third-order valence-electron chi connectivity index (χ3n) is 5.22. The van der Waals surface area contributed by atoms with Crippen molar-refractivity contribution in [3.8, 4) is 11.5 Å². The Morgan fingerprint density at radius 1 is 1.19 bits per heavy atom. The van der Waals surface area contributed by atoms with Crippen LogP contribution in [0.5, 0.6) is 11.5 Å². The maximum absolute atomic E-state index is 12.6. The largest absolute Gasteiger partial charge is 0.497 e. The molecular weight excluding hydrogens is 328 g/mol. The van der Waals surface area contributed by atoms with Crippen molar-refractivity contribution < 1.29 is 14.3 Å². The summed E-state index contributed by atoms with van der Waals surface area (Å²) in [5.41, 5.74) is 3.16. The third-order valence-corrected chi connectivity index (χ3v) is 5.22. The molecule has 2 aliphatic rings. The molecule has 2 aliphatic heterocycles. The second-order valence-corrected chi connectivity index (χ2v) is 7.04. The summed E-state index contributed by atoms with van der Waals surface area (Å²) in [6.45, 7) is 5.08. The van der Waals surface area contributed by atoms with Gasteiger partial charge in [0.2, 0.25) is 0 Å². The minimum atomic E-state index is -0.265. The summed E-state index contributed by atoms with van der Waals surface area (Å²) in [4.78, 5) is 14.9. The lowest BCUT2D eigenvalue weighted by Gasteiger charge is -2.34. The van der Waals surface area contributed by atoms with E-state index in [0.717, 1.165) is 42.2 Å². The topological polar surface area (TPSA) is 50.8 Å². The lowest BCUT2D eigenvalue weighted by Crippen LogP contribution is -2.49. The zero-order valence-electron chi connectivity index (χ0n) is 15.2. The number of hydrogen-bond donors (Lipinski definition) is 1. The first-order valence-corrected chi connectivity index (χ1v) is 9.11. The Morgan fingerprint density at radius 2 is 2.00 bits per heavy atom. The van der Waals surface area contributed by atoms with Gasteiger partial charge >= 0.3 is 5.97 Å². The van der Waals surface area contributed by atoms with Gasteiger partial charge in [0.05, 0.1) is 13.0 Å². The summed E-state index contributed by atoms with van der Waals surface area (Å²) in [5.74, 6) is 1.03. The number of esters is 1. The summed E-state index contributed by atoms with van der Waals surface area (Å²) in [7, 11) is 1.64. The molecule has 0 aromatic heterocycles. The minimum absolute atomic E-state index is 0.187. The fourth-order valence-electron chi connectivity index (χ4n) is 3.74. The Balaban J connectivity index is 1.56. The number of ether oxygens (including phenoxy) is 2. The number of rotatable bonds is 3. The van der Waals surface area contributed by atoms with Crippen LogP contribution in [-0.4, -0.2) is 38.8 Å². The quantitative estimate of drug-likeness (QED) is 0.680. The van der Waals surface area contributed by atoms with Crippen LogP contribution in [0.2, 0.25) is 0 Å². The molecule has 2 aromatic carbocycles. The fourth-order valence-corrected chi connectivity index (χ4v) is 3.74. The number of hydrogen-bond acceptors (Lipinski definition) is 5. The molecule has 0 aliphatic carbocycles. The Kier molecular flexibility index (Phi) is 4.55. The molecule has 2 atom stereocenters. The number of methoxy groups -OCH3 is 1. The fraction of sp³-hybridized carbons (Fsp3) is 0.381. The van der Waals surface area contributed by atoms with Crippen molar-refractivity contribution in [2.24, 2.45) is 0 Å². The molecule has 4 rings (SSSR count). The van der Waals surface area contributed by atoms with Crippen molar-refractivity contribution in [3.05, 3.63) is 53.6 Å². The van der Waals surface area contributed by atoms with Gasteiger partial charge in [-0.25, -0.2) is 0 Å². The molecule has 1 fully saturated rings. The smallest absolute Gasteiger partial charge is 0.319 e. The van der Waals surface area contributed by atoms with Crippen LogP contribution >= 0.6 is 0 Å². The summed E-state index contributed by atoms with van der Waals surface area (Å²) < 4.78 is 10.9. The van der Waals surface area contributed by atoms with Gasteiger partial charge in [0.1, 0.15) is 11.5 Å². The van der Waals surface area contributed by atoms with E-state index in [4.69, 9.17) is 9.47 Å². The molecule has 0 saturated carbocycles. The van der Waals surface area contributed by atoms with E-state index in [9.17, 15) is 4.79 Å². The van der Waals surface area contributed by atoms with Gasteiger partial charge in [-0.2, -0.15) is 0 Å². The van der Waals surface area contributed by atoms with Crippen LogP contribution in [0.1, 0.15) is 24.0 Å². The van der Waals surface area contributed by atoms with Gasteiger partial charge in [0, 0.05) is 37.4 Å². The predicted molar refractivity (Wildman–Crippen MR) is 101 cm³/mol. The number of carbonyl (C=O) groups is 1. The molecular formula is C21H24N2O3. The van der Waals surface area contributed by atoms with Gasteiger partial charge in [0.25, 0.3) is 0 Å². The van der Waals surface area contributed by atoms with E-state index in [1.165, 1.54) is 0 Å². The first-order valence-electron chi connectivity index (χ1n) is 9.11. The number of nitrogens with zero attached hydrogens (tertiary/aromatic N) is 1. The van der Waals surface area contributed by atoms with Crippen molar-refractivity contribution in [3.63, 3.8) is 0 Å². The van der Waals surface area contributed by atoms with Gasteiger partial charge in [0.15, 0.2) is 0 Å². The number of fused-ring (bicyclic) bond motifs is 1. The zero-order chi connectivity index (χ0) is 18.1. The van der Waals surface area contributed by atoms with Crippen LogP contribution in [0.15, 0.2) is 42.5 Å². The molecule has 5 heteroatoms. The number of benzene rings is 2. The second-order valence-electron chi connectivity index (χ2n) is 7.04. The van der Waals surface area contributed by atoms with Gasteiger partial charge in [-0.15, -0.1) is 0 Å². The van der Waals surface area contributed by atoms with Crippen LogP contribution < -0.4 is 19.7 Å². The first-order chi connectivity index (χ1) is 12.6. The molecule has 0 amide bonds. The van der Waals surface area contributed by atoms with Gasteiger partial charge in [-0.05, 0) is 42.7 Å². The predicted octanol–water partition coefficient (Wildman–Crippen LogP) is 2.74. The highest BCUT2D eigenvalue weighted by Gasteiger charge is 2.30. The van der Waals surface area contributed by atoms with E-state index in [-0.39, 0.29) is 11.9 Å². The van der Waals surface area contributed by atoms with Crippen molar-refractivity contribution in [2.75, 3.05) is 31.6 Å². The Labute approximate surface area is 153 Å². The van der Waals surface area contributed by atoms with Crippen LogP contribution in [0, 0.1) is 0 Å². The van der Waals surface area contributed by atoms with E-state index in [2.05, 4.69) is 29.3 Å². The molecule has 26 heavy (non-hydrogen) atoms. The summed E-state index contributed by atoms with van der Waals surface area (Å²) in [6.07, 6.45) is 0.665. The summed E-state index contributed by atoms with van der Waals surface area (Å²) >= 11 is 0. The summed E-state index contributed by atoms with van der Waals surface area (Å²) in [6, 6.07) is 14.3. The average Bonchev–Trinajstić information content (AvgIpc) is 2.67. The van der Waals surface area contributed by atoms with Gasteiger partial charge in [-0.3, -0.25) is 4.79 Å². The number of piperazine rings is 1. The maximum Gasteiger partial charge on any atom is 0.319 e. The molecule has 1 saturated heterocycles. The molecule has 0 radical (unpaired) electrons. The van der Waals surface area contributed by atoms with E-state index in [1.807, 2.05) is 30.3 Å². The highest BCUT2D eigenvalue weighted by molar-refractivity contribution is 5.83. The SMILES string of the molecule is COc1ccc(C2Cc3ccc(N4CCN[C@H](C)C4)cc3OC2=O)cc1. The molecule has 1 N–H and O–H groups in total. The third kappa shape index (κ3) is 3.27. The zero-order valence-corrected chi connectivity index (χ0v) is 15.2. The highest BCUT2D eigenvalue weighted by atomic mass is 16.5. The van der Waals surface area contributed by atoms with Crippen molar-refractivity contribution in [1.29, 1.82) is 0 Å². The second kappa shape index (κ2) is 7.00. The Hall–Kier alpha value is -2.53. The molecule has 5 nitrogen and oxygen atoms in total. The van der Waals surface area contributed by atoms with Crippen molar-refractivity contribution >= 4 is 11.7 Å². The van der Waals surface area contributed by atoms with Crippen molar-refractivity contribution in [2.45, 2.75) is 25.3 Å². The average molecular weight is 352 g/mol. The lowest BCUT2D eigenvalue weighted by atomic mass is 9.89. The van der Waals surface area contributed by atoms with Crippen LogP contribution in [-0.2, 0) is 11.2 Å². The van der Waals surface area contributed by atoms with Crippen LogP contribution in [0.25, 0.3) is 0 Å². The molecule has 136 valence electrons. The molecule has 1 unspecified atom stereocenters. The molecule has 2 heterocycles. The first kappa shape index (κ1) is 16.9. The number of carbonyl (C=O) groups excluding carboxylic acids is 1. The van der Waals surface area contributed by atoms with E-state index in [0.29, 0.717) is 18.2 Å². The standard InChI is InChI=1S/C21H24N2O3/c1-14-13-23(10-9-22-14)17-6-3-16-11-19(21(24)26-20(16)12-17)15-4-7-18(25-2)8-5-15/h3-8,12,14,19,22H,9-11,13H2,1-2H3/t14-,19?/m1/s1. The number of anilines is 1. The molecule has 0 bridgehead atoms. The lowest BCUT2D eigenvalue weighted by molar-refractivity contribution is -0.137. The van der Waals surface area contributed by atoms with E-state index in [1.54, 1.807) is 7.11 Å². The van der Waals surface area contributed by atoms with Crippen LogP contribution in [0.4, 0.5) is 5.69 Å². The van der Waals surface area contributed by atoms with Gasteiger partial charge in [-0.1, -0.05) is 18.2 Å². The maximum atomic E-state index is 12.6. The Bertz CT molecular complexity index is 803. The Morgan fingerprint density at radius 3 is 2.73 bits per heavy atom. The summed E-state index contributed by atoms with van der Waals surface area (Å²) in [5, 5.41) is 3.45. The normalized spacial score (nSPS) is 22.5. The van der Waals surface area contributed by atoms with E-state index < -0.39 is 0 Å². The molecule has 0 spiro atoms. The number of nitrogens with one attached hydrogen (secondary N) is 1. The molecule has 2 aromatic rings.